The van der Waals surface area contributed by atoms with Crippen molar-refractivity contribution in [2.24, 2.45) is 5.73 Å². The van der Waals surface area contributed by atoms with E-state index in [2.05, 4.69) is 10.6 Å². The molecule has 0 heterocycles. The molecule has 6 nitrogen and oxygen atoms in total. The third-order valence-electron chi connectivity index (χ3n) is 3.38. The maximum Gasteiger partial charge on any atom is 0.250 e. The van der Waals surface area contributed by atoms with Crippen molar-refractivity contribution in [3.63, 3.8) is 0 Å². The number of rotatable bonds is 8. The molecule has 0 aliphatic carbocycles. The minimum Gasteiger partial charge on any atom is -0.491 e. The van der Waals surface area contributed by atoms with E-state index in [4.69, 9.17) is 10.5 Å². The number of carbonyl (C=O) groups excluding carboxylic acids is 2. The Morgan fingerprint density at radius 1 is 1.08 bits per heavy atom. The molecular formula is C19H23N3O3. The highest BCUT2D eigenvalue weighted by molar-refractivity contribution is 6.03. The van der Waals surface area contributed by atoms with Crippen LogP contribution in [0.5, 0.6) is 5.75 Å². The minimum atomic E-state index is -0.576. The summed E-state index contributed by atoms with van der Waals surface area (Å²) < 4.78 is 5.59. The van der Waals surface area contributed by atoms with Gasteiger partial charge in [0.25, 0.3) is 5.91 Å². The normalized spacial score (nSPS) is 10.5. The van der Waals surface area contributed by atoms with Crippen LogP contribution in [0.25, 0.3) is 0 Å². The van der Waals surface area contributed by atoms with E-state index in [1.54, 1.807) is 24.3 Å². The molecule has 2 aromatic rings. The number of carbonyl (C=O) groups is 2. The fraction of sp³-hybridized carbons (Fsp3) is 0.263. The largest absolute Gasteiger partial charge is 0.491 e. The van der Waals surface area contributed by atoms with Crippen LogP contribution in [0, 0.1) is 0 Å². The molecule has 4 N–H and O–H groups in total. The van der Waals surface area contributed by atoms with E-state index in [1.165, 1.54) is 0 Å². The maximum atomic E-state index is 12.0. The first-order chi connectivity index (χ1) is 12.0. The molecule has 0 radical (unpaired) electrons. The molecule has 0 atom stereocenters. The number of para-hydroxylation sites is 1. The van der Waals surface area contributed by atoms with Crippen molar-refractivity contribution in [1.82, 2.24) is 5.32 Å². The summed E-state index contributed by atoms with van der Waals surface area (Å²) in [4.78, 5) is 23.3. The van der Waals surface area contributed by atoms with Crippen LogP contribution >= 0.6 is 0 Å². The Labute approximate surface area is 147 Å². The summed E-state index contributed by atoms with van der Waals surface area (Å²) in [6.45, 7) is 4.62. The van der Waals surface area contributed by atoms with Crippen molar-refractivity contribution in [1.29, 1.82) is 0 Å². The summed E-state index contributed by atoms with van der Waals surface area (Å²) in [5, 5.41) is 5.75. The predicted octanol–water partition coefficient (Wildman–Crippen LogP) is 2.30. The van der Waals surface area contributed by atoms with Crippen LogP contribution in [0.1, 0.15) is 29.8 Å². The number of primary amides is 1. The molecular weight excluding hydrogens is 318 g/mol. The van der Waals surface area contributed by atoms with Crippen molar-refractivity contribution in [3.05, 3.63) is 59.7 Å². The van der Waals surface area contributed by atoms with E-state index in [0.717, 1.165) is 11.3 Å². The first kappa shape index (κ1) is 18.5. The molecule has 0 spiro atoms. The summed E-state index contributed by atoms with van der Waals surface area (Å²) in [6, 6.07) is 14.4. The van der Waals surface area contributed by atoms with Gasteiger partial charge in [-0.3, -0.25) is 9.59 Å². The monoisotopic (exact) mass is 341 g/mol. The Kier molecular flexibility index (Phi) is 6.54. The van der Waals surface area contributed by atoms with E-state index >= 15 is 0 Å². The van der Waals surface area contributed by atoms with Crippen LogP contribution in [0.15, 0.2) is 48.5 Å². The summed E-state index contributed by atoms with van der Waals surface area (Å²) in [7, 11) is 0. The third-order valence-corrected chi connectivity index (χ3v) is 3.38. The zero-order valence-electron chi connectivity index (χ0n) is 14.4. The van der Waals surface area contributed by atoms with Gasteiger partial charge in [-0.15, -0.1) is 0 Å². The van der Waals surface area contributed by atoms with Gasteiger partial charge in [0, 0.05) is 6.54 Å². The van der Waals surface area contributed by atoms with Gasteiger partial charge in [0.2, 0.25) is 5.91 Å². The smallest absolute Gasteiger partial charge is 0.250 e. The molecule has 2 aromatic carbocycles. The molecule has 2 amide bonds. The molecule has 0 unspecified atom stereocenters. The van der Waals surface area contributed by atoms with Crippen molar-refractivity contribution >= 4 is 17.5 Å². The fourth-order valence-corrected chi connectivity index (χ4v) is 2.28. The number of nitrogens with one attached hydrogen (secondary N) is 2. The topological polar surface area (TPSA) is 93.4 Å². The lowest BCUT2D eigenvalue weighted by atomic mass is 10.1. The number of nitrogens with two attached hydrogens (primary N) is 1. The van der Waals surface area contributed by atoms with Gasteiger partial charge in [0.1, 0.15) is 5.75 Å². The molecule has 0 saturated carbocycles. The van der Waals surface area contributed by atoms with Gasteiger partial charge >= 0.3 is 0 Å². The van der Waals surface area contributed by atoms with Crippen LogP contribution in [-0.4, -0.2) is 24.5 Å². The number of ether oxygens (including phenoxy) is 1. The lowest BCUT2D eigenvalue weighted by Crippen LogP contribution is -2.28. The quantitative estimate of drug-likeness (QED) is 0.687. The summed E-state index contributed by atoms with van der Waals surface area (Å²) >= 11 is 0. The summed E-state index contributed by atoms with van der Waals surface area (Å²) in [6.07, 6.45) is 0.135. The Balaban J connectivity index is 1.82. The maximum absolute atomic E-state index is 12.0. The van der Waals surface area contributed by atoms with Crippen LogP contribution < -0.4 is 21.1 Å². The van der Waals surface area contributed by atoms with Crippen molar-refractivity contribution in [2.75, 3.05) is 11.9 Å². The number of hydrogen-bond acceptors (Lipinski definition) is 4. The molecule has 6 heteroatoms. The number of amides is 2. The lowest BCUT2D eigenvalue weighted by Gasteiger charge is -2.11. The van der Waals surface area contributed by atoms with E-state index < -0.39 is 5.91 Å². The van der Waals surface area contributed by atoms with Gasteiger partial charge in [0.15, 0.2) is 0 Å². The van der Waals surface area contributed by atoms with Gasteiger partial charge in [-0.05, 0) is 43.7 Å². The highest BCUT2D eigenvalue weighted by Gasteiger charge is 2.09. The standard InChI is InChI=1S/C19H23N3O3/c1-13(2)25-15-9-7-14(8-10-15)11-21-12-18(23)22-17-6-4-3-5-16(17)19(20)24/h3-10,13,21H,11-12H2,1-2H3,(H2,20,24)(H,22,23). The van der Waals surface area contributed by atoms with Gasteiger partial charge in [-0.25, -0.2) is 0 Å². The average Bonchev–Trinajstić information content (AvgIpc) is 2.56. The number of hydrogen-bond donors (Lipinski definition) is 3. The number of anilines is 1. The summed E-state index contributed by atoms with van der Waals surface area (Å²) in [5.74, 6) is 0.000536. The zero-order chi connectivity index (χ0) is 18.2. The van der Waals surface area contributed by atoms with Crippen molar-refractivity contribution in [2.45, 2.75) is 26.5 Å². The Bertz CT molecular complexity index is 727. The highest BCUT2D eigenvalue weighted by atomic mass is 16.5. The minimum absolute atomic E-state index is 0.122. The van der Waals surface area contributed by atoms with Crippen LogP contribution in [0.3, 0.4) is 0 Å². The number of benzene rings is 2. The van der Waals surface area contributed by atoms with Gasteiger partial charge in [0.05, 0.1) is 23.9 Å². The second kappa shape index (κ2) is 8.84. The molecule has 0 aliphatic rings. The van der Waals surface area contributed by atoms with Crippen LogP contribution in [0.2, 0.25) is 0 Å². The van der Waals surface area contributed by atoms with Gasteiger partial charge in [-0.2, -0.15) is 0 Å². The molecule has 0 aromatic heterocycles. The fourth-order valence-electron chi connectivity index (χ4n) is 2.28. The average molecular weight is 341 g/mol. The van der Waals surface area contributed by atoms with E-state index in [0.29, 0.717) is 12.2 Å². The second-order valence-corrected chi connectivity index (χ2v) is 5.87. The molecule has 25 heavy (non-hydrogen) atoms. The second-order valence-electron chi connectivity index (χ2n) is 5.87. The predicted molar refractivity (Wildman–Crippen MR) is 97.5 cm³/mol. The Morgan fingerprint density at radius 2 is 1.76 bits per heavy atom. The lowest BCUT2D eigenvalue weighted by molar-refractivity contribution is -0.115. The molecule has 0 bridgehead atoms. The van der Waals surface area contributed by atoms with Crippen molar-refractivity contribution in [3.8, 4) is 5.75 Å². The first-order valence-electron chi connectivity index (χ1n) is 8.10. The van der Waals surface area contributed by atoms with Gasteiger partial charge < -0.3 is 21.1 Å². The third kappa shape index (κ3) is 5.93. The SMILES string of the molecule is CC(C)Oc1ccc(CNCC(=O)Nc2ccccc2C(N)=O)cc1. The summed E-state index contributed by atoms with van der Waals surface area (Å²) in [5.41, 5.74) is 7.04. The first-order valence-corrected chi connectivity index (χ1v) is 8.10. The Morgan fingerprint density at radius 3 is 2.40 bits per heavy atom. The van der Waals surface area contributed by atoms with Crippen molar-refractivity contribution < 1.29 is 14.3 Å². The van der Waals surface area contributed by atoms with Crippen LogP contribution in [0.4, 0.5) is 5.69 Å². The van der Waals surface area contributed by atoms with E-state index in [-0.39, 0.29) is 24.1 Å². The zero-order valence-corrected chi connectivity index (χ0v) is 14.4. The van der Waals surface area contributed by atoms with Gasteiger partial charge in [-0.1, -0.05) is 24.3 Å². The molecule has 2 rings (SSSR count). The van der Waals surface area contributed by atoms with E-state index in [1.807, 2.05) is 38.1 Å². The highest BCUT2D eigenvalue weighted by Crippen LogP contribution is 2.15. The molecule has 0 fully saturated rings. The molecule has 132 valence electrons. The van der Waals surface area contributed by atoms with E-state index in [9.17, 15) is 9.59 Å². The molecule has 0 saturated heterocycles. The van der Waals surface area contributed by atoms with Crippen LogP contribution in [-0.2, 0) is 11.3 Å². The molecule has 0 aliphatic heterocycles. The Hall–Kier alpha value is -2.86.